The summed E-state index contributed by atoms with van der Waals surface area (Å²) in [7, 11) is -3.10. The van der Waals surface area contributed by atoms with Gasteiger partial charge in [0.25, 0.3) is 5.91 Å². The topological polar surface area (TPSA) is 119 Å². The maximum Gasteiger partial charge on any atom is 0.407 e. The number of rotatable bonds is 7. The third-order valence-electron chi connectivity index (χ3n) is 4.18. The molecule has 0 unspecified atom stereocenters. The first kappa shape index (κ1) is 21.5. The molecule has 27 heavy (non-hydrogen) atoms. The van der Waals surface area contributed by atoms with Crippen LogP contribution < -0.4 is 5.32 Å². The van der Waals surface area contributed by atoms with Crippen LogP contribution in [0.3, 0.4) is 0 Å². The zero-order valence-electron chi connectivity index (χ0n) is 16.0. The first-order chi connectivity index (χ1) is 12.5. The molecule has 1 saturated heterocycles. The van der Waals surface area contributed by atoms with Crippen LogP contribution in [-0.2, 0) is 28.9 Å². The second-order valence-corrected chi connectivity index (χ2v) is 10.2. The summed E-state index contributed by atoms with van der Waals surface area (Å²) in [5.74, 6) is -0.921. The van der Waals surface area contributed by atoms with Crippen molar-refractivity contribution in [2.45, 2.75) is 64.1 Å². The largest absolute Gasteiger partial charge is 0.456 e. The van der Waals surface area contributed by atoms with Crippen LogP contribution >= 0.6 is 0 Å². The van der Waals surface area contributed by atoms with E-state index in [4.69, 9.17) is 9.47 Å². The number of carbonyl (C=O) groups excluding carboxylic acids is 3. The van der Waals surface area contributed by atoms with Gasteiger partial charge in [0.2, 0.25) is 0 Å². The van der Waals surface area contributed by atoms with Gasteiger partial charge in [0.15, 0.2) is 16.4 Å². The Labute approximate surface area is 159 Å². The Morgan fingerprint density at radius 1 is 1.11 bits per heavy atom. The van der Waals surface area contributed by atoms with Crippen molar-refractivity contribution in [2.75, 3.05) is 24.7 Å². The third kappa shape index (κ3) is 7.36. The van der Waals surface area contributed by atoms with Gasteiger partial charge >= 0.3 is 12.1 Å². The summed E-state index contributed by atoms with van der Waals surface area (Å²) in [6.45, 7) is 4.81. The van der Waals surface area contributed by atoms with Crippen molar-refractivity contribution in [3.8, 4) is 0 Å². The highest BCUT2D eigenvalue weighted by atomic mass is 32.2. The number of hydrogen-bond acceptors (Lipinski definition) is 7. The van der Waals surface area contributed by atoms with E-state index in [1.54, 1.807) is 25.7 Å². The van der Waals surface area contributed by atoms with Crippen LogP contribution in [0.4, 0.5) is 4.79 Å². The van der Waals surface area contributed by atoms with Crippen molar-refractivity contribution in [3.63, 3.8) is 0 Å². The van der Waals surface area contributed by atoms with E-state index >= 15 is 0 Å². The minimum Gasteiger partial charge on any atom is -0.456 e. The summed E-state index contributed by atoms with van der Waals surface area (Å²) in [5.41, 5.74) is -0.628. The van der Waals surface area contributed by atoms with E-state index < -0.39 is 34.1 Å². The first-order valence-electron chi connectivity index (χ1n) is 9.11. The van der Waals surface area contributed by atoms with Gasteiger partial charge in [-0.3, -0.25) is 9.59 Å². The molecule has 0 aromatic carbocycles. The van der Waals surface area contributed by atoms with E-state index in [0.29, 0.717) is 6.42 Å². The molecule has 2 amide bonds. The van der Waals surface area contributed by atoms with Gasteiger partial charge in [0, 0.05) is 18.6 Å². The van der Waals surface area contributed by atoms with E-state index in [9.17, 15) is 22.8 Å². The molecule has 1 saturated carbocycles. The Morgan fingerprint density at radius 2 is 1.78 bits per heavy atom. The van der Waals surface area contributed by atoms with Crippen LogP contribution in [0, 0.1) is 0 Å². The number of hydrogen-bond donors (Lipinski definition) is 1. The fourth-order valence-electron chi connectivity index (χ4n) is 2.92. The molecule has 1 atom stereocenters. The van der Waals surface area contributed by atoms with E-state index in [1.165, 1.54) is 0 Å². The smallest absolute Gasteiger partial charge is 0.407 e. The highest BCUT2D eigenvalue weighted by Gasteiger charge is 2.42. The fraction of sp³-hybridized carbons (Fsp3) is 0.824. The van der Waals surface area contributed by atoms with Crippen LogP contribution in [0.2, 0.25) is 0 Å². The standard InChI is InChI=1S/C17H28N2O7S/c1-17(2,3)26-16(22)18-8-6-15(21)25-10-14(20)19(12-4-5-12)13-7-9-27(23,24)11-13/h12-13H,4-11H2,1-3H3,(H,18,22)/t13-/m0/s1. The SMILES string of the molecule is CC(C)(C)OC(=O)NCCC(=O)OCC(=O)N(C1CC1)[C@H]1CCS(=O)(=O)C1. The molecule has 1 aliphatic carbocycles. The van der Waals surface area contributed by atoms with E-state index in [2.05, 4.69) is 5.32 Å². The number of sulfone groups is 1. The minimum absolute atomic E-state index is 0.0248. The van der Waals surface area contributed by atoms with Crippen LogP contribution in [0.1, 0.15) is 46.5 Å². The molecular formula is C17H28N2O7S. The van der Waals surface area contributed by atoms with Crippen molar-refractivity contribution < 1.29 is 32.3 Å². The van der Waals surface area contributed by atoms with Gasteiger partial charge in [-0.15, -0.1) is 0 Å². The number of ether oxygens (including phenoxy) is 2. The van der Waals surface area contributed by atoms with Gasteiger partial charge in [0.1, 0.15) is 5.60 Å². The van der Waals surface area contributed by atoms with Gasteiger partial charge in [-0.1, -0.05) is 0 Å². The highest BCUT2D eigenvalue weighted by molar-refractivity contribution is 7.91. The number of alkyl carbamates (subject to hydrolysis) is 1. The molecule has 1 N–H and O–H groups in total. The van der Waals surface area contributed by atoms with Gasteiger partial charge in [-0.25, -0.2) is 13.2 Å². The molecule has 0 aromatic rings. The molecule has 10 heteroatoms. The molecule has 0 spiro atoms. The minimum atomic E-state index is -3.10. The molecule has 1 heterocycles. The van der Waals surface area contributed by atoms with Crippen molar-refractivity contribution in [1.29, 1.82) is 0 Å². The molecule has 154 valence electrons. The number of nitrogens with one attached hydrogen (secondary N) is 1. The summed E-state index contributed by atoms with van der Waals surface area (Å²) in [6.07, 6.45) is 1.40. The van der Waals surface area contributed by atoms with Gasteiger partial charge in [-0.2, -0.15) is 0 Å². The maximum absolute atomic E-state index is 12.4. The molecule has 0 aromatic heterocycles. The number of amides is 2. The Morgan fingerprint density at radius 3 is 2.30 bits per heavy atom. The molecular weight excluding hydrogens is 376 g/mol. The van der Waals surface area contributed by atoms with E-state index in [-0.39, 0.29) is 42.5 Å². The Bertz CT molecular complexity index is 680. The normalized spacial score (nSPS) is 21.4. The van der Waals surface area contributed by atoms with Crippen molar-refractivity contribution in [3.05, 3.63) is 0 Å². The average Bonchev–Trinajstić information content (AvgIpc) is 3.27. The quantitative estimate of drug-likeness (QED) is 0.618. The predicted octanol–water partition coefficient (Wildman–Crippen LogP) is 0.623. The Hall–Kier alpha value is -1.84. The predicted molar refractivity (Wildman–Crippen MR) is 96.7 cm³/mol. The zero-order valence-corrected chi connectivity index (χ0v) is 16.8. The fourth-order valence-corrected chi connectivity index (χ4v) is 4.63. The average molecular weight is 404 g/mol. The lowest BCUT2D eigenvalue weighted by molar-refractivity contribution is -0.153. The first-order valence-corrected chi connectivity index (χ1v) is 10.9. The lowest BCUT2D eigenvalue weighted by Gasteiger charge is -2.28. The molecule has 1 aliphatic heterocycles. The molecule has 2 fully saturated rings. The molecule has 9 nitrogen and oxygen atoms in total. The van der Waals surface area contributed by atoms with Crippen molar-refractivity contribution in [1.82, 2.24) is 10.2 Å². The van der Waals surface area contributed by atoms with E-state index in [1.807, 2.05) is 0 Å². The summed E-state index contributed by atoms with van der Waals surface area (Å²) in [5, 5.41) is 2.44. The summed E-state index contributed by atoms with van der Waals surface area (Å²) in [6, 6.07) is -0.286. The van der Waals surface area contributed by atoms with Crippen LogP contribution in [-0.4, -0.2) is 73.6 Å². The summed E-state index contributed by atoms with van der Waals surface area (Å²) in [4.78, 5) is 37.3. The van der Waals surface area contributed by atoms with E-state index in [0.717, 1.165) is 12.8 Å². The lowest BCUT2D eigenvalue weighted by Crippen LogP contribution is -2.44. The molecule has 2 aliphatic rings. The number of carbonyl (C=O) groups is 3. The second-order valence-electron chi connectivity index (χ2n) is 7.93. The van der Waals surface area contributed by atoms with Crippen molar-refractivity contribution in [2.24, 2.45) is 0 Å². The zero-order chi connectivity index (χ0) is 20.2. The molecule has 0 bridgehead atoms. The molecule has 0 radical (unpaired) electrons. The Kier molecular flexibility index (Phi) is 6.72. The van der Waals surface area contributed by atoms with Gasteiger partial charge in [0.05, 0.1) is 17.9 Å². The van der Waals surface area contributed by atoms with Gasteiger partial charge in [-0.05, 0) is 40.0 Å². The van der Waals surface area contributed by atoms with Crippen LogP contribution in [0.5, 0.6) is 0 Å². The van der Waals surface area contributed by atoms with Gasteiger partial charge < -0.3 is 19.7 Å². The Balaban J connectivity index is 1.72. The number of esters is 1. The van der Waals surface area contributed by atoms with Crippen molar-refractivity contribution >= 4 is 27.8 Å². The van der Waals surface area contributed by atoms with Crippen LogP contribution in [0.25, 0.3) is 0 Å². The third-order valence-corrected chi connectivity index (χ3v) is 5.93. The summed E-state index contributed by atoms with van der Waals surface area (Å²) >= 11 is 0. The monoisotopic (exact) mass is 404 g/mol. The second kappa shape index (κ2) is 8.45. The van der Waals surface area contributed by atoms with Crippen LogP contribution in [0.15, 0.2) is 0 Å². The molecule has 2 rings (SSSR count). The number of nitrogens with zero attached hydrogens (tertiary/aromatic N) is 1. The summed E-state index contributed by atoms with van der Waals surface area (Å²) < 4.78 is 33.4. The highest BCUT2D eigenvalue weighted by Crippen LogP contribution is 2.32. The lowest BCUT2D eigenvalue weighted by atomic mass is 10.2. The maximum atomic E-state index is 12.4.